The van der Waals surface area contributed by atoms with Crippen LogP contribution in [0.15, 0.2) is 60.7 Å². The first-order valence-electron chi connectivity index (χ1n) is 24.5. The van der Waals surface area contributed by atoms with Crippen LogP contribution in [0.2, 0.25) is 5.02 Å². The number of aliphatic hydroxyl groups is 1. The van der Waals surface area contributed by atoms with E-state index in [0.29, 0.717) is 62.1 Å². The molecule has 1 aliphatic carbocycles. The largest absolute Gasteiger partial charge is 0.488 e. The summed E-state index contributed by atoms with van der Waals surface area (Å²) in [5.74, 6) is -2.13. The second-order valence-corrected chi connectivity index (χ2v) is 19.7. The van der Waals surface area contributed by atoms with Crippen LogP contribution in [-0.4, -0.2) is 120 Å². The molecule has 0 spiro atoms. The van der Waals surface area contributed by atoms with Gasteiger partial charge in [0.2, 0.25) is 17.7 Å². The molecule has 4 aromatic rings. The summed E-state index contributed by atoms with van der Waals surface area (Å²) in [6.07, 6.45) is 13.8. The smallest absolute Gasteiger partial charge is 0.329 e. The van der Waals surface area contributed by atoms with Crippen LogP contribution < -0.4 is 30.7 Å². The lowest BCUT2D eigenvalue weighted by atomic mass is 9.72. The van der Waals surface area contributed by atoms with Crippen LogP contribution >= 0.6 is 11.6 Å². The number of anilines is 1. The molecule has 9 rings (SSSR count). The van der Waals surface area contributed by atoms with Gasteiger partial charge in [-0.1, -0.05) is 48.9 Å². The van der Waals surface area contributed by atoms with Crippen LogP contribution in [0, 0.1) is 23.5 Å². The van der Waals surface area contributed by atoms with Gasteiger partial charge < -0.3 is 35.4 Å². The number of fused-ring (bicyclic) bond motifs is 2. The maximum atomic E-state index is 16.4. The fourth-order valence-electron chi connectivity index (χ4n) is 11.3. The number of primary amides is 1. The van der Waals surface area contributed by atoms with Gasteiger partial charge in [-0.15, -0.1) is 0 Å². The number of urea groups is 1. The van der Waals surface area contributed by atoms with Gasteiger partial charge in [-0.2, -0.15) is 5.10 Å². The highest BCUT2D eigenvalue weighted by molar-refractivity contribution is 6.34. The molecule has 372 valence electrons. The number of carbonyl (C=O) groups is 4. The average molecular weight is 984 g/mol. The Morgan fingerprint density at radius 1 is 1.04 bits per heavy atom. The molecule has 5 amide bonds. The van der Waals surface area contributed by atoms with Gasteiger partial charge in [0.05, 0.1) is 22.7 Å². The molecule has 70 heavy (non-hydrogen) atoms. The predicted molar refractivity (Wildman–Crippen MR) is 262 cm³/mol. The zero-order valence-corrected chi connectivity index (χ0v) is 40.4. The molecule has 5 aliphatic rings. The molecule has 4 aliphatic heterocycles. The quantitative estimate of drug-likeness (QED) is 0.0858. The molecular formula is C52H61ClF2N8O7. The third-order valence-corrected chi connectivity index (χ3v) is 15.5. The fraction of sp³-hybridized carbons (Fsp3) is 0.481. The number of hydrogen-bond donors (Lipinski definition) is 4. The number of hydrogen-bond acceptors (Lipinski definition) is 10. The van der Waals surface area contributed by atoms with Crippen molar-refractivity contribution in [3.05, 3.63) is 94.0 Å². The third kappa shape index (κ3) is 9.64. The molecule has 3 fully saturated rings. The maximum Gasteiger partial charge on any atom is 0.329 e. The number of aliphatic hydroxyl groups excluding tert-OH is 1. The summed E-state index contributed by atoms with van der Waals surface area (Å²) in [6, 6.07) is 9.70. The van der Waals surface area contributed by atoms with Gasteiger partial charge in [0, 0.05) is 92.6 Å². The molecule has 3 atom stereocenters. The summed E-state index contributed by atoms with van der Waals surface area (Å²) in [5.41, 5.74) is 6.87. The Hall–Kier alpha value is -5.88. The Balaban J connectivity index is 0.770. The van der Waals surface area contributed by atoms with Crippen LogP contribution in [0.5, 0.6) is 11.5 Å². The third-order valence-electron chi connectivity index (χ3n) is 15.1. The topological polar surface area (TPSA) is 185 Å². The van der Waals surface area contributed by atoms with Crippen molar-refractivity contribution in [2.75, 3.05) is 70.5 Å². The summed E-state index contributed by atoms with van der Waals surface area (Å²) < 4.78 is 46.2. The molecule has 5 N–H and O–H groups in total. The Labute approximate surface area is 410 Å². The number of benzene rings is 3. The van der Waals surface area contributed by atoms with Gasteiger partial charge in [-0.25, -0.2) is 13.6 Å². The summed E-state index contributed by atoms with van der Waals surface area (Å²) >= 11 is 6.69. The van der Waals surface area contributed by atoms with Crippen molar-refractivity contribution >= 4 is 52.1 Å². The van der Waals surface area contributed by atoms with Gasteiger partial charge in [0.15, 0.2) is 17.4 Å². The Kier molecular flexibility index (Phi) is 14.6. The monoisotopic (exact) mass is 982 g/mol. The molecule has 18 heteroatoms. The highest BCUT2D eigenvalue weighted by Crippen LogP contribution is 2.56. The number of allylic oxidation sites excluding steroid dienone is 3. The van der Waals surface area contributed by atoms with E-state index in [1.807, 2.05) is 47.9 Å². The molecular weight excluding hydrogens is 922 g/mol. The zero-order valence-electron chi connectivity index (χ0n) is 39.7. The lowest BCUT2D eigenvalue weighted by Gasteiger charge is -2.40. The number of nitrogens with one attached hydrogen (secondary N) is 2. The van der Waals surface area contributed by atoms with Crippen LogP contribution in [0.25, 0.3) is 22.0 Å². The lowest BCUT2D eigenvalue weighted by Crippen LogP contribution is -2.52. The van der Waals surface area contributed by atoms with Crippen molar-refractivity contribution in [1.29, 1.82) is 0 Å². The summed E-state index contributed by atoms with van der Waals surface area (Å²) in [7, 11) is 1.88. The molecule has 1 unspecified atom stereocenters. The van der Waals surface area contributed by atoms with E-state index in [1.165, 1.54) is 28.7 Å². The van der Waals surface area contributed by atoms with Crippen LogP contribution in [0.1, 0.15) is 91.6 Å². The van der Waals surface area contributed by atoms with E-state index in [0.717, 1.165) is 69.3 Å². The lowest BCUT2D eigenvalue weighted by molar-refractivity contribution is -0.132. The van der Waals surface area contributed by atoms with Crippen molar-refractivity contribution in [3.8, 4) is 22.6 Å². The van der Waals surface area contributed by atoms with Crippen LogP contribution in [0.4, 0.5) is 19.4 Å². The number of aromatic nitrogens is 2. The molecule has 0 bridgehead atoms. The van der Waals surface area contributed by atoms with Crippen molar-refractivity contribution < 1.29 is 42.5 Å². The highest BCUT2D eigenvalue weighted by Gasteiger charge is 2.52. The predicted octanol–water partition coefficient (Wildman–Crippen LogP) is 6.94. The molecule has 0 radical (unpaired) electrons. The maximum absolute atomic E-state index is 16.4. The van der Waals surface area contributed by atoms with Gasteiger partial charge in [-0.3, -0.25) is 29.3 Å². The Morgan fingerprint density at radius 3 is 2.54 bits per heavy atom. The van der Waals surface area contributed by atoms with E-state index in [1.54, 1.807) is 0 Å². The van der Waals surface area contributed by atoms with Gasteiger partial charge in [0.25, 0.3) is 0 Å². The van der Waals surface area contributed by atoms with Crippen LogP contribution in [-0.2, 0) is 16.6 Å². The van der Waals surface area contributed by atoms with Crippen molar-refractivity contribution in [2.24, 2.45) is 24.6 Å². The SMILES string of the molecule is C[C@H]1c2c(cc(F)c(Cl)c2-c2c(C(N)=O)ccc(OCCO)c2F)O[C@]1(CNCCCC(=O)N1CCC(CN2CCC(c3ccc4c(N5CCC(=O)NC5=O)nn(C)c4c3)CC2)CC1)C1C=CC=CC1. The Bertz CT molecular complexity index is 2730. The number of nitrogens with two attached hydrogens (primary N) is 1. The average Bonchev–Trinajstić information content (AvgIpc) is 3.83. The standard InChI is InChI=1S/C52H61ClF2N8O7/c1-31-44-41(28-38(54)47(53)46(44)45-37(49(56)67)12-13-40(48(45)55)69-26-25-64)70-52(31,35-7-4-3-5-8-35)30-57-19-6-9-43(66)62-22-14-32(15-23-62)29-61-20-16-33(17-21-61)34-10-11-36-39(27-34)60(2)59-50(36)63-24-18-42(65)58-51(63)68/h3-5,7,10-13,27-28,31-33,35,57,64H,6,8-9,14-26,29-30H2,1-2H3,(H2,56,67)(H,58,65,68)/t31-,35?,52-/m0/s1. The van der Waals surface area contributed by atoms with Gasteiger partial charge in [0.1, 0.15) is 23.8 Å². The molecule has 0 saturated carbocycles. The number of aryl methyl sites for hydroxylation is 1. The van der Waals surface area contributed by atoms with E-state index in [2.05, 4.69) is 38.8 Å². The molecule has 5 heterocycles. The zero-order chi connectivity index (χ0) is 49.3. The summed E-state index contributed by atoms with van der Waals surface area (Å²) in [5, 5.41) is 20.4. The minimum atomic E-state index is -0.983. The van der Waals surface area contributed by atoms with E-state index in [9.17, 15) is 24.3 Å². The number of ether oxygens (including phenoxy) is 2. The first-order chi connectivity index (χ1) is 33.8. The number of nitrogens with zero attached hydrogens (tertiary/aromatic N) is 5. The number of halogens is 3. The number of imide groups is 1. The number of carbonyl (C=O) groups excluding carboxylic acids is 4. The van der Waals surface area contributed by atoms with E-state index in [4.69, 9.17) is 26.8 Å². The molecule has 15 nitrogen and oxygen atoms in total. The second kappa shape index (κ2) is 20.8. The van der Waals surface area contributed by atoms with Gasteiger partial charge in [-0.05, 0) is 99.8 Å². The van der Waals surface area contributed by atoms with Gasteiger partial charge >= 0.3 is 6.03 Å². The van der Waals surface area contributed by atoms with E-state index in [-0.39, 0.29) is 70.6 Å². The van der Waals surface area contributed by atoms with Crippen molar-refractivity contribution in [2.45, 2.75) is 75.7 Å². The Morgan fingerprint density at radius 2 is 1.83 bits per heavy atom. The number of amides is 5. The minimum Gasteiger partial charge on any atom is -0.488 e. The first kappa shape index (κ1) is 49.1. The van der Waals surface area contributed by atoms with E-state index < -0.39 is 35.1 Å². The van der Waals surface area contributed by atoms with Crippen molar-refractivity contribution in [1.82, 2.24) is 30.2 Å². The van der Waals surface area contributed by atoms with E-state index >= 15 is 8.78 Å². The molecule has 3 aromatic carbocycles. The molecule has 3 saturated heterocycles. The van der Waals surface area contributed by atoms with Crippen molar-refractivity contribution in [3.63, 3.8) is 0 Å². The summed E-state index contributed by atoms with van der Waals surface area (Å²) in [6.45, 7) is 6.98. The number of piperidine rings is 2. The number of rotatable bonds is 16. The highest BCUT2D eigenvalue weighted by atomic mass is 35.5. The van der Waals surface area contributed by atoms with Crippen LogP contribution in [0.3, 0.4) is 0 Å². The second-order valence-electron chi connectivity index (χ2n) is 19.3. The number of likely N-dealkylation sites (tertiary alicyclic amines) is 2. The summed E-state index contributed by atoms with van der Waals surface area (Å²) in [4.78, 5) is 56.6. The molecule has 1 aromatic heterocycles. The fourth-order valence-corrected chi connectivity index (χ4v) is 11.6. The minimum absolute atomic E-state index is 0.0410. The first-order valence-corrected chi connectivity index (χ1v) is 24.8. The normalized spacial score (nSPS) is 22.1.